The standard InChI is InChI=1S/C16H20O4S/c1-12-7-9-13(10-8-12)21-11-5-4-6-14(15(17)19-2)16(18)20-3/h4-5,7-10,14H,6,11H2,1-3H3/b5-4+. The summed E-state index contributed by atoms with van der Waals surface area (Å²) in [5.74, 6) is -1.26. The summed E-state index contributed by atoms with van der Waals surface area (Å²) in [6, 6.07) is 8.27. The zero-order valence-electron chi connectivity index (χ0n) is 12.5. The Balaban J connectivity index is 2.43. The molecule has 0 heterocycles. The molecule has 0 aliphatic heterocycles. The molecule has 1 aromatic rings. The van der Waals surface area contributed by atoms with Crippen LogP contribution < -0.4 is 0 Å². The van der Waals surface area contributed by atoms with E-state index < -0.39 is 17.9 Å². The Morgan fingerprint density at radius 3 is 2.19 bits per heavy atom. The fourth-order valence-corrected chi connectivity index (χ4v) is 2.41. The van der Waals surface area contributed by atoms with Crippen molar-refractivity contribution in [1.82, 2.24) is 0 Å². The monoisotopic (exact) mass is 308 g/mol. The summed E-state index contributed by atoms with van der Waals surface area (Å²) in [6.45, 7) is 2.05. The molecule has 0 bridgehead atoms. The van der Waals surface area contributed by atoms with Crippen LogP contribution in [-0.2, 0) is 19.1 Å². The van der Waals surface area contributed by atoms with Crippen molar-refractivity contribution in [1.29, 1.82) is 0 Å². The number of carbonyl (C=O) groups is 2. The van der Waals surface area contributed by atoms with Gasteiger partial charge in [-0.3, -0.25) is 9.59 Å². The molecular formula is C16H20O4S. The van der Waals surface area contributed by atoms with Crippen LogP contribution in [0.1, 0.15) is 12.0 Å². The summed E-state index contributed by atoms with van der Waals surface area (Å²) in [4.78, 5) is 24.1. The maximum Gasteiger partial charge on any atom is 0.320 e. The second-order valence-corrected chi connectivity index (χ2v) is 5.52. The van der Waals surface area contributed by atoms with Crippen LogP contribution in [0.5, 0.6) is 0 Å². The summed E-state index contributed by atoms with van der Waals surface area (Å²) < 4.78 is 9.19. The van der Waals surface area contributed by atoms with Gasteiger partial charge in [-0.25, -0.2) is 0 Å². The molecule has 21 heavy (non-hydrogen) atoms. The highest BCUT2D eigenvalue weighted by atomic mass is 32.2. The molecule has 0 atom stereocenters. The van der Waals surface area contributed by atoms with Crippen LogP contribution in [-0.4, -0.2) is 31.9 Å². The maximum atomic E-state index is 11.5. The van der Waals surface area contributed by atoms with Crippen molar-refractivity contribution in [3.8, 4) is 0 Å². The van der Waals surface area contributed by atoms with Gasteiger partial charge in [0.25, 0.3) is 0 Å². The first-order valence-corrected chi connectivity index (χ1v) is 7.57. The van der Waals surface area contributed by atoms with Gasteiger partial charge in [0, 0.05) is 10.6 Å². The number of allylic oxidation sites excluding steroid dienone is 1. The SMILES string of the molecule is COC(=O)C(C/C=C/CSc1ccc(C)cc1)C(=O)OC. The molecule has 1 aromatic carbocycles. The number of rotatable bonds is 7. The molecule has 0 radical (unpaired) electrons. The molecule has 0 fully saturated rings. The van der Waals surface area contributed by atoms with E-state index >= 15 is 0 Å². The molecule has 0 aromatic heterocycles. The molecule has 0 spiro atoms. The van der Waals surface area contributed by atoms with Crippen molar-refractivity contribution < 1.29 is 19.1 Å². The van der Waals surface area contributed by atoms with Crippen molar-refractivity contribution >= 4 is 23.7 Å². The van der Waals surface area contributed by atoms with E-state index in [-0.39, 0.29) is 6.42 Å². The Labute approximate surface area is 129 Å². The van der Waals surface area contributed by atoms with Gasteiger partial charge >= 0.3 is 11.9 Å². The Morgan fingerprint density at radius 1 is 1.10 bits per heavy atom. The molecule has 114 valence electrons. The van der Waals surface area contributed by atoms with Gasteiger partial charge in [-0.05, 0) is 25.5 Å². The van der Waals surface area contributed by atoms with Crippen LogP contribution >= 0.6 is 11.8 Å². The average molecular weight is 308 g/mol. The normalized spacial score (nSPS) is 10.9. The van der Waals surface area contributed by atoms with E-state index in [0.29, 0.717) is 0 Å². The molecule has 0 amide bonds. The minimum absolute atomic E-state index is 0.286. The van der Waals surface area contributed by atoms with Crippen molar-refractivity contribution in [3.63, 3.8) is 0 Å². The molecule has 0 N–H and O–H groups in total. The highest BCUT2D eigenvalue weighted by Crippen LogP contribution is 2.18. The minimum atomic E-state index is -0.888. The summed E-state index contributed by atoms with van der Waals surface area (Å²) >= 11 is 1.69. The largest absolute Gasteiger partial charge is 0.468 e. The lowest BCUT2D eigenvalue weighted by Gasteiger charge is -2.09. The fraction of sp³-hybridized carbons (Fsp3) is 0.375. The molecule has 0 saturated heterocycles. The molecule has 4 nitrogen and oxygen atoms in total. The van der Waals surface area contributed by atoms with E-state index in [1.165, 1.54) is 24.7 Å². The van der Waals surface area contributed by atoms with E-state index in [2.05, 4.69) is 33.7 Å². The van der Waals surface area contributed by atoms with Crippen LogP contribution in [0.15, 0.2) is 41.3 Å². The van der Waals surface area contributed by atoms with Crippen LogP contribution in [0, 0.1) is 12.8 Å². The molecule has 1 rings (SSSR count). The highest BCUT2D eigenvalue weighted by molar-refractivity contribution is 7.99. The average Bonchev–Trinajstić information content (AvgIpc) is 2.51. The van der Waals surface area contributed by atoms with Gasteiger partial charge < -0.3 is 9.47 Å². The molecule has 5 heteroatoms. The number of benzene rings is 1. The second-order valence-electron chi connectivity index (χ2n) is 4.43. The molecule has 0 saturated carbocycles. The van der Waals surface area contributed by atoms with Gasteiger partial charge in [-0.1, -0.05) is 29.8 Å². The number of methoxy groups -OCH3 is 2. The number of thioether (sulfide) groups is 1. The predicted octanol–water partition coefficient (Wildman–Crippen LogP) is 3.00. The first kappa shape index (κ1) is 17.3. The van der Waals surface area contributed by atoms with Crippen molar-refractivity contribution in [3.05, 3.63) is 42.0 Å². The first-order chi connectivity index (χ1) is 10.1. The summed E-state index contributed by atoms with van der Waals surface area (Å²) in [5, 5.41) is 0. The third kappa shape index (κ3) is 6.04. The smallest absolute Gasteiger partial charge is 0.320 e. The summed E-state index contributed by atoms with van der Waals surface area (Å²) in [6.07, 6.45) is 4.02. The van der Waals surface area contributed by atoms with Crippen LogP contribution in [0.2, 0.25) is 0 Å². The lowest BCUT2D eigenvalue weighted by atomic mass is 10.1. The van der Waals surface area contributed by atoms with Gasteiger partial charge in [0.15, 0.2) is 5.92 Å². The summed E-state index contributed by atoms with van der Waals surface area (Å²) in [7, 11) is 2.52. The topological polar surface area (TPSA) is 52.6 Å². The van der Waals surface area contributed by atoms with E-state index in [0.717, 1.165) is 5.75 Å². The first-order valence-electron chi connectivity index (χ1n) is 6.58. The van der Waals surface area contributed by atoms with Crippen LogP contribution in [0.4, 0.5) is 0 Å². The molecular weight excluding hydrogens is 288 g/mol. The zero-order valence-corrected chi connectivity index (χ0v) is 13.3. The van der Waals surface area contributed by atoms with Gasteiger partial charge in [-0.15, -0.1) is 11.8 Å². The Kier molecular flexibility index (Phi) is 7.61. The van der Waals surface area contributed by atoms with Gasteiger partial charge in [-0.2, -0.15) is 0 Å². The second kappa shape index (κ2) is 9.23. The van der Waals surface area contributed by atoms with Crippen molar-refractivity contribution in [2.45, 2.75) is 18.2 Å². The zero-order chi connectivity index (χ0) is 15.7. The lowest BCUT2D eigenvalue weighted by molar-refractivity contribution is -0.158. The summed E-state index contributed by atoms with van der Waals surface area (Å²) in [5.41, 5.74) is 1.23. The van der Waals surface area contributed by atoms with Crippen LogP contribution in [0.3, 0.4) is 0 Å². The Bertz CT molecular complexity index is 478. The number of carbonyl (C=O) groups excluding carboxylic acids is 2. The van der Waals surface area contributed by atoms with E-state index in [1.807, 2.05) is 13.0 Å². The third-order valence-electron chi connectivity index (χ3n) is 2.88. The minimum Gasteiger partial charge on any atom is -0.468 e. The number of esters is 2. The lowest BCUT2D eigenvalue weighted by Crippen LogP contribution is -2.25. The van der Waals surface area contributed by atoms with Gasteiger partial charge in [0.2, 0.25) is 0 Å². The predicted molar refractivity (Wildman–Crippen MR) is 83.2 cm³/mol. The number of aryl methyl sites for hydroxylation is 1. The van der Waals surface area contributed by atoms with E-state index in [9.17, 15) is 9.59 Å². The van der Waals surface area contributed by atoms with Gasteiger partial charge in [0.1, 0.15) is 0 Å². The number of hydrogen-bond donors (Lipinski definition) is 0. The van der Waals surface area contributed by atoms with Crippen molar-refractivity contribution in [2.75, 3.05) is 20.0 Å². The van der Waals surface area contributed by atoms with Gasteiger partial charge in [0.05, 0.1) is 14.2 Å². The van der Waals surface area contributed by atoms with Crippen LogP contribution in [0.25, 0.3) is 0 Å². The Morgan fingerprint density at radius 2 is 1.67 bits per heavy atom. The molecule has 0 aliphatic rings. The molecule has 0 unspecified atom stereocenters. The third-order valence-corrected chi connectivity index (χ3v) is 3.84. The quantitative estimate of drug-likeness (QED) is 0.335. The highest BCUT2D eigenvalue weighted by Gasteiger charge is 2.26. The van der Waals surface area contributed by atoms with Crippen molar-refractivity contribution in [2.24, 2.45) is 5.92 Å². The fourth-order valence-electron chi connectivity index (χ4n) is 1.65. The number of ether oxygens (including phenoxy) is 2. The Hall–Kier alpha value is -1.75. The number of hydrogen-bond acceptors (Lipinski definition) is 5. The maximum absolute atomic E-state index is 11.5. The van der Waals surface area contributed by atoms with E-state index in [1.54, 1.807) is 17.8 Å². The molecule has 0 aliphatic carbocycles. The van der Waals surface area contributed by atoms with E-state index in [4.69, 9.17) is 0 Å².